The first-order valence-corrected chi connectivity index (χ1v) is 11.1. The number of carbonyl (C=O) groups is 2. The summed E-state index contributed by atoms with van der Waals surface area (Å²) >= 11 is 6.53. The van der Waals surface area contributed by atoms with Gasteiger partial charge in [-0.3, -0.25) is 9.78 Å². The van der Waals surface area contributed by atoms with Gasteiger partial charge in [0.1, 0.15) is 17.9 Å². The Kier molecular flexibility index (Phi) is 5.38. The highest BCUT2D eigenvalue weighted by atomic mass is 35.5. The van der Waals surface area contributed by atoms with Crippen molar-refractivity contribution in [3.05, 3.63) is 53.0 Å². The summed E-state index contributed by atoms with van der Waals surface area (Å²) in [4.78, 5) is 29.1. The van der Waals surface area contributed by atoms with Gasteiger partial charge in [0, 0.05) is 17.1 Å². The first-order valence-electron chi connectivity index (χ1n) is 10.7. The third-order valence-electron chi connectivity index (χ3n) is 6.05. The fraction of sp³-hybridized carbons (Fsp3) is 0.348. The van der Waals surface area contributed by atoms with Gasteiger partial charge in [-0.15, -0.1) is 0 Å². The lowest BCUT2D eigenvalue weighted by atomic mass is 9.74. The Labute approximate surface area is 189 Å². The molecule has 0 saturated heterocycles. The topological polar surface area (TPSA) is 105 Å². The molecule has 3 amide bonds. The summed E-state index contributed by atoms with van der Waals surface area (Å²) in [5.41, 5.74) is 1.44. The summed E-state index contributed by atoms with van der Waals surface area (Å²) in [7, 11) is 0. The van der Waals surface area contributed by atoms with Crippen molar-refractivity contribution >= 4 is 40.2 Å². The Morgan fingerprint density at radius 1 is 1.28 bits per heavy atom. The number of pyridine rings is 1. The molecular formula is C23H23ClN4O4. The molecule has 8 nitrogen and oxygen atoms in total. The smallest absolute Gasteiger partial charge is 0.319 e. The minimum absolute atomic E-state index is 0.189. The highest BCUT2D eigenvalue weighted by Crippen LogP contribution is 2.48. The van der Waals surface area contributed by atoms with Crippen molar-refractivity contribution < 1.29 is 18.7 Å². The van der Waals surface area contributed by atoms with Crippen molar-refractivity contribution in [2.45, 2.75) is 37.6 Å². The second-order valence-electron chi connectivity index (χ2n) is 8.15. The maximum atomic E-state index is 12.7. The number of ether oxygens (including phenoxy) is 1. The van der Waals surface area contributed by atoms with Gasteiger partial charge in [0.2, 0.25) is 0 Å². The maximum Gasteiger partial charge on any atom is 0.319 e. The minimum Gasteiger partial charge on any atom is -0.490 e. The summed E-state index contributed by atoms with van der Waals surface area (Å²) in [6.07, 6.45) is 8.00. The SMILES string of the molecule is O=C1Nc2c(Cl)cc3cc(C(=O)NCCOc4cccnc4)oc3c2C2(CCCCC2)N1. The van der Waals surface area contributed by atoms with E-state index in [1.165, 1.54) is 0 Å². The normalized spacial score (nSPS) is 16.8. The number of aromatic nitrogens is 1. The number of carbonyl (C=O) groups excluding carboxylic acids is 2. The highest BCUT2D eigenvalue weighted by molar-refractivity contribution is 6.35. The molecule has 3 aromatic rings. The van der Waals surface area contributed by atoms with Crippen molar-refractivity contribution in [1.29, 1.82) is 0 Å². The van der Waals surface area contributed by atoms with Crippen LogP contribution in [0.5, 0.6) is 5.75 Å². The van der Waals surface area contributed by atoms with Crippen LogP contribution in [0.3, 0.4) is 0 Å². The molecule has 5 rings (SSSR count). The fourth-order valence-electron chi connectivity index (χ4n) is 4.65. The van der Waals surface area contributed by atoms with Gasteiger partial charge in [0.25, 0.3) is 5.91 Å². The molecule has 1 aromatic carbocycles. The third kappa shape index (κ3) is 3.75. The van der Waals surface area contributed by atoms with Gasteiger partial charge >= 0.3 is 6.03 Å². The number of benzene rings is 1. The van der Waals surface area contributed by atoms with Crippen LogP contribution in [-0.2, 0) is 5.54 Å². The molecule has 1 aliphatic heterocycles. The zero-order valence-electron chi connectivity index (χ0n) is 17.4. The quantitative estimate of drug-likeness (QED) is 0.489. The molecule has 9 heteroatoms. The second kappa shape index (κ2) is 8.35. The van der Waals surface area contributed by atoms with Gasteiger partial charge in [0.15, 0.2) is 5.76 Å². The zero-order chi connectivity index (χ0) is 22.1. The number of rotatable bonds is 5. The molecule has 1 saturated carbocycles. The third-order valence-corrected chi connectivity index (χ3v) is 6.35. The molecular weight excluding hydrogens is 432 g/mol. The van der Waals surface area contributed by atoms with Crippen LogP contribution in [0, 0.1) is 0 Å². The van der Waals surface area contributed by atoms with Crippen LogP contribution in [-0.4, -0.2) is 30.1 Å². The molecule has 2 aliphatic rings. The van der Waals surface area contributed by atoms with Crippen molar-refractivity contribution in [3.8, 4) is 5.75 Å². The van der Waals surface area contributed by atoms with Gasteiger partial charge in [0.05, 0.1) is 29.0 Å². The average Bonchev–Trinajstić information content (AvgIpc) is 3.21. The van der Waals surface area contributed by atoms with E-state index < -0.39 is 5.54 Å². The molecule has 3 N–H and O–H groups in total. The molecule has 0 bridgehead atoms. The van der Waals surface area contributed by atoms with Gasteiger partial charge in [-0.1, -0.05) is 30.9 Å². The molecule has 32 heavy (non-hydrogen) atoms. The summed E-state index contributed by atoms with van der Waals surface area (Å²) in [5, 5.41) is 9.91. The first kappa shape index (κ1) is 20.6. The van der Waals surface area contributed by atoms with Gasteiger partial charge < -0.3 is 25.1 Å². The van der Waals surface area contributed by atoms with E-state index in [1.54, 1.807) is 36.7 Å². The number of anilines is 1. The van der Waals surface area contributed by atoms with Crippen molar-refractivity contribution in [3.63, 3.8) is 0 Å². The molecule has 1 spiro atoms. The number of amides is 3. The summed E-state index contributed by atoms with van der Waals surface area (Å²) in [6, 6.07) is 6.73. The molecule has 2 aromatic heterocycles. The van der Waals surface area contributed by atoms with E-state index in [2.05, 4.69) is 20.9 Å². The van der Waals surface area contributed by atoms with Crippen molar-refractivity contribution in [2.75, 3.05) is 18.5 Å². The number of hydrogen-bond acceptors (Lipinski definition) is 5. The number of furan rings is 1. The first-order chi connectivity index (χ1) is 15.6. The van der Waals surface area contributed by atoms with E-state index in [0.29, 0.717) is 35.2 Å². The lowest BCUT2D eigenvalue weighted by molar-refractivity contribution is 0.0921. The Morgan fingerprint density at radius 2 is 2.12 bits per heavy atom. The van der Waals surface area contributed by atoms with Crippen LogP contribution in [0.1, 0.15) is 48.2 Å². The van der Waals surface area contributed by atoms with E-state index in [9.17, 15) is 9.59 Å². The lowest BCUT2D eigenvalue weighted by Gasteiger charge is -2.42. The molecule has 0 radical (unpaired) electrons. The van der Waals surface area contributed by atoms with Gasteiger partial charge in [-0.05, 0) is 37.1 Å². The van der Waals surface area contributed by atoms with Crippen LogP contribution in [0.15, 0.2) is 41.1 Å². The summed E-state index contributed by atoms with van der Waals surface area (Å²) < 4.78 is 11.6. The van der Waals surface area contributed by atoms with E-state index in [1.807, 2.05) is 0 Å². The van der Waals surface area contributed by atoms with Crippen LogP contribution >= 0.6 is 11.6 Å². The van der Waals surface area contributed by atoms with E-state index >= 15 is 0 Å². The van der Waals surface area contributed by atoms with Crippen LogP contribution < -0.4 is 20.7 Å². The van der Waals surface area contributed by atoms with Crippen molar-refractivity contribution in [1.82, 2.24) is 15.6 Å². The average molecular weight is 455 g/mol. The molecule has 1 aliphatic carbocycles. The van der Waals surface area contributed by atoms with E-state index in [-0.39, 0.29) is 17.7 Å². The summed E-state index contributed by atoms with van der Waals surface area (Å²) in [6.45, 7) is 0.614. The number of halogens is 1. The molecule has 1 fully saturated rings. The van der Waals surface area contributed by atoms with Crippen LogP contribution in [0.4, 0.5) is 10.5 Å². The van der Waals surface area contributed by atoms with Gasteiger partial charge in [-0.2, -0.15) is 0 Å². The van der Waals surface area contributed by atoms with Crippen molar-refractivity contribution in [2.24, 2.45) is 0 Å². The van der Waals surface area contributed by atoms with E-state index in [0.717, 1.165) is 43.1 Å². The minimum atomic E-state index is -0.539. The Morgan fingerprint density at radius 3 is 2.91 bits per heavy atom. The Bertz CT molecular complexity index is 1170. The number of nitrogens with one attached hydrogen (secondary N) is 3. The van der Waals surface area contributed by atoms with E-state index in [4.69, 9.17) is 20.8 Å². The summed E-state index contributed by atoms with van der Waals surface area (Å²) in [5.74, 6) is 0.485. The predicted octanol–water partition coefficient (Wildman–Crippen LogP) is 4.58. The maximum absolute atomic E-state index is 12.7. The monoisotopic (exact) mass is 454 g/mol. The molecule has 3 heterocycles. The number of hydrogen-bond donors (Lipinski definition) is 3. The number of urea groups is 1. The molecule has 0 unspecified atom stereocenters. The number of fused-ring (bicyclic) bond motifs is 4. The molecule has 166 valence electrons. The standard InChI is InChI=1S/C23H23ClN4O4/c24-16-11-14-12-17(21(29)26-9-10-31-15-5-4-8-25-13-15)32-20(14)18-19(16)27-22(30)28-23(18)6-2-1-3-7-23/h4-5,8,11-13H,1-3,6-7,9-10H2,(H,26,29)(H2,27,28,30). The lowest BCUT2D eigenvalue weighted by Crippen LogP contribution is -2.52. The van der Waals surface area contributed by atoms with Crippen LogP contribution in [0.25, 0.3) is 11.0 Å². The highest BCUT2D eigenvalue weighted by Gasteiger charge is 2.43. The van der Waals surface area contributed by atoms with Gasteiger partial charge in [-0.25, -0.2) is 4.79 Å². The zero-order valence-corrected chi connectivity index (χ0v) is 18.1. The predicted molar refractivity (Wildman–Crippen MR) is 120 cm³/mol. The largest absolute Gasteiger partial charge is 0.490 e. The number of nitrogens with zero attached hydrogens (tertiary/aromatic N) is 1. The van der Waals surface area contributed by atoms with Crippen LogP contribution in [0.2, 0.25) is 5.02 Å². The second-order valence-corrected chi connectivity index (χ2v) is 8.56. The Balaban J connectivity index is 1.40. The molecule has 0 atom stereocenters. The Hall–Kier alpha value is -3.26. The fourth-order valence-corrected chi connectivity index (χ4v) is 4.91.